The number of carbonyl (C=O) groups is 2. The Morgan fingerprint density at radius 3 is 2.33 bits per heavy atom. The molecule has 18 heavy (non-hydrogen) atoms. The number of benzene rings is 1. The van der Waals surface area contributed by atoms with Gasteiger partial charge in [-0.3, -0.25) is 4.79 Å². The number of ether oxygens (including phenoxy) is 3. The minimum absolute atomic E-state index is 0.171. The molecule has 1 aromatic carbocycles. The molecule has 6 heteroatoms. The van der Waals surface area contributed by atoms with Gasteiger partial charge in [-0.2, -0.15) is 0 Å². The molecule has 0 fully saturated rings. The maximum atomic E-state index is 11.4. The summed E-state index contributed by atoms with van der Waals surface area (Å²) in [7, 11) is 2.93. The zero-order chi connectivity index (χ0) is 13.4. The fourth-order valence-corrected chi connectivity index (χ4v) is 1.18. The van der Waals surface area contributed by atoms with Gasteiger partial charge in [-0.15, -0.1) is 0 Å². The molecule has 1 aromatic rings. The first kappa shape index (κ1) is 14.0. The number of anilines is 1. The average molecular weight is 253 g/mol. The SMILES string of the molecule is COCC(=O)OCC(=O)Nc1ccc(OC)cc1. The maximum absolute atomic E-state index is 11.4. The molecule has 0 saturated heterocycles. The van der Waals surface area contributed by atoms with Crippen LogP contribution in [0.5, 0.6) is 5.75 Å². The molecular formula is C12H15NO5. The van der Waals surface area contributed by atoms with Crippen LogP contribution in [-0.4, -0.2) is 39.3 Å². The van der Waals surface area contributed by atoms with Crippen molar-refractivity contribution in [3.05, 3.63) is 24.3 Å². The van der Waals surface area contributed by atoms with Gasteiger partial charge in [-0.05, 0) is 24.3 Å². The van der Waals surface area contributed by atoms with Crippen LogP contribution < -0.4 is 10.1 Å². The molecular weight excluding hydrogens is 238 g/mol. The van der Waals surface area contributed by atoms with E-state index in [2.05, 4.69) is 14.8 Å². The van der Waals surface area contributed by atoms with Crippen LogP contribution in [0.4, 0.5) is 5.69 Å². The van der Waals surface area contributed by atoms with Crippen molar-refractivity contribution in [3.63, 3.8) is 0 Å². The second-order valence-electron chi connectivity index (χ2n) is 3.37. The molecule has 0 aliphatic carbocycles. The summed E-state index contributed by atoms with van der Waals surface area (Å²) >= 11 is 0. The van der Waals surface area contributed by atoms with E-state index in [-0.39, 0.29) is 13.2 Å². The number of carbonyl (C=O) groups excluding carboxylic acids is 2. The first-order valence-electron chi connectivity index (χ1n) is 5.24. The number of hydrogen-bond donors (Lipinski definition) is 1. The Bertz CT molecular complexity index is 401. The average Bonchev–Trinajstić information content (AvgIpc) is 2.38. The quantitative estimate of drug-likeness (QED) is 0.760. The number of esters is 1. The summed E-state index contributed by atoms with van der Waals surface area (Å²) in [6.07, 6.45) is 0. The maximum Gasteiger partial charge on any atom is 0.332 e. The molecule has 0 aliphatic heterocycles. The molecule has 0 spiro atoms. The smallest absolute Gasteiger partial charge is 0.332 e. The number of methoxy groups -OCH3 is 2. The number of hydrogen-bond acceptors (Lipinski definition) is 5. The van der Waals surface area contributed by atoms with E-state index in [1.807, 2.05) is 0 Å². The minimum Gasteiger partial charge on any atom is -0.497 e. The van der Waals surface area contributed by atoms with E-state index >= 15 is 0 Å². The van der Waals surface area contributed by atoms with Crippen molar-refractivity contribution in [1.29, 1.82) is 0 Å². The predicted molar refractivity (Wildman–Crippen MR) is 64.5 cm³/mol. The molecule has 98 valence electrons. The molecule has 0 unspecified atom stereocenters. The van der Waals surface area contributed by atoms with Crippen LogP contribution in [0, 0.1) is 0 Å². The standard InChI is InChI=1S/C12H15NO5/c1-16-8-12(15)18-7-11(14)13-9-3-5-10(17-2)6-4-9/h3-6H,7-8H2,1-2H3,(H,13,14). The van der Waals surface area contributed by atoms with Crippen molar-refractivity contribution in [1.82, 2.24) is 0 Å². The van der Waals surface area contributed by atoms with Crippen LogP contribution in [0.1, 0.15) is 0 Å². The van der Waals surface area contributed by atoms with Crippen LogP contribution in [0.15, 0.2) is 24.3 Å². The van der Waals surface area contributed by atoms with Crippen molar-refractivity contribution in [3.8, 4) is 5.75 Å². The molecule has 0 bridgehead atoms. The van der Waals surface area contributed by atoms with Crippen LogP contribution >= 0.6 is 0 Å². The van der Waals surface area contributed by atoms with E-state index in [0.29, 0.717) is 11.4 Å². The van der Waals surface area contributed by atoms with Crippen molar-refractivity contribution in [2.24, 2.45) is 0 Å². The highest BCUT2D eigenvalue weighted by Gasteiger charge is 2.07. The second-order valence-corrected chi connectivity index (χ2v) is 3.37. The molecule has 0 aromatic heterocycles. The van der Waals surface area contributed by atoms with E-state index in [1.165, 1.54) is 7.11 Å². The fraction of sp³-hybridized carbons (Fsp3) is 0.333. The molecule has 1 rings (SSSR count). The molecule has 1 N–H and O–H groups in total. The van der Waals surface area contributed by atoms with Gasteiger partial charge < -0.3 is 19.5 Å². The molecule has 0 radical (unpaired) electrons. The summed E-state index contributed by atoms with van der Waals surface area (Å²) in [6.45, 7) is -0.510. The summed E-state index contributed by atoms with van der Waals surface area (Å²) in [5, 5.41) is 2.58. The molecule has 0 saturated carbocycles. The third-order valence-corrected chi connectivity index (χ3v) is 2.00. The highest BCUT2D eigenvalue weighted by atomic mass is 16.6. The van der Waals surface area contributed by atoms with Crippen molar-refractivity contribution >= 4 is 17.6 Å². The topological polar surface area (TPSA) is 73.9 Å². The third kappa shape index (κ3) is 4.84. The molecule has 6 nitrogen and oxygen atoms in total. The lowest BCUT2D eigenvalue weighted by molar-refractivity contribution is -0.150. The van der Waals surface area contributed by atoms with E-state index in [0.717, 1.165) is 0 Å². The van der Waals surface area contributed by atoms with Gasteiger partial charge in [0.15, 0.2) is 6.61 Å². The summed E-state index contributed by atoms with van der Waals surface area (Å²) in [5.74, 6) is -0.300. The summed E-state index contributed by atoms with van der Waals surface area (Å²) in [6, 6.07) is 6.81. The van der Waals surface area contributed by atoms with Crippen LogP contribution in [0.3, 0.4) is 0 Å². The first-order valence-corrected chi connectivity index (χ1v) is 5.24. The zero-order valence-electron chi connectivity index (χ0n) is 10.3. The largest absolute Gasteiger partial charge is 0.497 e. The Balaban J connectivity index is 2.37. The monoisotopic (exact) mass is 253 g/mol. The lowest BCUT2D eigenvalue weighted by atomic mass is 10.3. The van der Waals surface area contributed by atoms with E-state index in [9.17, 15) is 9.59 Å². The summed E-state index contributed by atoms with van der Waals surface area (Å²) in [5.41, 5.74) is 0.601. The lowest BCUT2D eigenvalue weighted by Gasteiger charge is -2.07. The van der Waals surface area contributed by atoms with E-state index < -0.39 is 11.9 Å². The van der Waals surface area contributed by atoms with Crippen LogP contribution in [0.25, 0.3) is 0 Å². The zero-order valence-corrected chi connectivity index (χ0v) is 10.3. The Morgan fingerprint density at radius 1 is 1.11 bits per heavy atom. The van der Waals surface area contributed by atoms with Gasteiger partial charge in [0.25, 0.3) is 5.91 Å². The van der Waals surface area contributed by atoms with Crippen molar-refractivity contribution in [2.45, 2.75) is 0 Å². The predicted octanol–water partition coefficient (Wildman–Crippen LogP) is 0.823. The van der Waals surface area contributed by atoms with Gasteiger partial charge in [0.2, 0.25) is 0 Å². The van der Waals surface area contributed by atoms with E-state index in [1.54, 1.807) is 31.4 Å². The molecule has 0 aliphatic rings. The van der Waals surface area contributed by atoms with Gasteiger partial charge >= 0.3 is 5.97 Å². The molecule has 1 amide bonds. The van der Waals surface area contributed by atoms with Crippen molar-refractivity contribution < 1.29 is 23.8 Å². The fourth-order valence-electron chi connectivity index (χ4n) is 1.18. The highest BCUT2D eigenvalue weighted by Crippen LogP contribution is 2.14. The molecule has 0 heterocycles. The van der Waals surface area contributed by atoms with Gasteiger partial charge in [0.1, 0.15) is 12.4 Å². The molecule has 0 atom stereocenters. The number of amides is 1. The van der Waals surface area contributed by atoms with Gasteiger partial charge in [0.05, 0.1) is 7.11 Å². The minimum atomic E-state index is -0.581. The van der Waals surface area contributed by atoms with Crippen LogP contribution in [0.2, 0.25) is 0 Å². The van der Waals surface area contributed by atoms with Crippen LogP contribution in [-0.2, 0) is 19.1 Å². The Kier molecular flexibility index (Phi) is 5.66. The van der Waals surface area contributed by atoms with Gasteiger partial charge in [0, 0.05) is 12.8 Å². The number of rotatable bonds is 6. The van der Waals surface area contributed by atoms with Gasteiger partial charge in [-0.25, -0.2) is 4.79 Å². The van der Waals surface area contributed by atoms with Crippen molar-refractivity contribution in [2.75, 3.05) is 32.8 Å². The first-order chi connectivity index (χ1) is 8.65. The summed E-state index contributed by atoms with van der Waals surface area (Å²) in [4.78, 5) is 22.4. The highest BCUT2D eigenvalue weighted by molar-refractivity contribution is 5.92. The second kappa shape index (κ2) is 7.29. The van der Waals surface area contributed by atoms with Gasteiger partial charge in [-0.1, -0.05) is 0 Å². The Hall–Kier alpha value is -2.08. The van der Waals surface area contributed by atoms with E-state index in [4.69, 9.17) is 4.74 Å². The Morgan fingerprint density at radius 2 is 1.78 bits per heavy atom. The summed E-state index contributed by atoms with van der Waals surface area (Å²) < 4.78 is 14.2. The Labute approximate surface area is 105 Å². The number of nitrogens with one attached hydrogen (secondary N) is 1. The lowest BCUT2D eigenvalue weighted by Crippen LogP contribution is -2.22. The third-order valence-electron chi connectivity index (χ3n) is 2.00. The normalized spacial score (nSPS) is 9.67.